The van der Waals surface area contributed by atoms with Gasteiger partial charge in [-0.2, -0.15) is 0 Å². The van der Waals surface area contributed by atoms with Crippen LogP contribution in [0.1, 0.15) is 44.6 Å². The van der Waals surface area contributed by atoms with Crippen LogP contribution >= 0.6 is 0 Å². The van der Waals surface area contributed by atoms with Gasteiger partial charge in [0.15, 0.2) is 0 Å². The van der Waals surface area contributed by atoms with Crippen molar-refractivity contribution < 1.29 is 9.47 Å². The first-order valence-corrected chi connectivity index (χ1v) is 12.3. The highest BCUT2D eigenvalue weighted by Gasteiger charge is 2.16. The maximum atomic E-state index is 6.29. The highest BCUT2D eigenvalue weighted by molar-refractivity contribution is 6.03. The van der Waals surface area contributed by atoms with Crippen molar-refractivity contribution in [1.82, 2.24) is 19.8 Å². The lowest BCUT2D eigenvalue weighted by atomic mass is 10.0. The van der Waals surface area contributed by atoms with Crippen LogP contribution in [-0.4, -0.2) is 72.3 Å². The number of aryl methyl sites for hydroxylation is 3. The van der Waals surface area contributed by atoms with E-state index in [0.29, 0.717) is 13.2 Å². The fourth-order valence-electron chi connectivity index (χ4n) is 4.30. The molecule has 0 aliphatic heterocycles. The molecule has 0 amide bonds. The number of benzene rings is 1. The minimum absolute atomic E-state index is 0.649. The van der Waals surface area contributed by atoms with E-state index in [4.69, 9.17) is 19.4 Å². The lowest BCUT2D eigenvalue weighted by molar-refractivity contribution is 0.224. The molecule has 0 unspecified atom stereocenters. The van der Waals surface area contributed by atoms with Gasteiger partial charge in [-0.05, 0) is 53.0 Å². The first kappa shape index (κ1) is 25.2. The van der Waals surface area contributed by atoms with Crippen molar-refractivity contribution in [1.29, 1.82) is 0 Å². The Labute approximate surface area is 198 Å². The smallest absolute Gasteiger partial charge is 0.130 e. The quantitative estimate of drug-likeness (QED) is 0.354. The molecule has 0 atom stereocenters. The summed E-state index contributed by atoms with van der Waals surface area (Å²) in [4.78, 5) is 14.4. The predicted molar refractivity (Wildman–Crippen MR) is 138 cm³/mol. The number of hydrogen-bond acceptors (Lipinski definition) is 6. The van der Waals surface area contributed by atoms with E-state index in [1.54, 1.807) is 0 Å². The number of pyridine rings is 2. The second-order valence-electron chi connectivity index (χ2n) is 8.57. The zero-order valence-electron chi connectivity index (χ0n) is 21.5. The average Bonchev–Trinajstić information content (AvgIpc) is 2.80. The highest BCUT2D eigenvalue weighted by Crippen LogP contribution is 2.36. The third-order valence-corrected chi connectivity index (χ3v) is 6.42. The Balaban J connectivity index is 2.00. The van der Waals surface area contributed by atoms with Gasteiger partial charge in [-0.3, -0.25) is 9.97 Å². The van der Waals surface area contributed by atoms with Crippen molar-refractivity contribution >= 4 is 21.8 Å². The van der Waals surface area contributed by atoms with Crippen LogP contribution in [0, 0.1) is 20.8 Å². The SMILES string of the molecule is CCN(CC)CCOc1cc(C)nc2c(C)c3nc(C)cc(OCCN(CC)CC)c3cc12. The fourth-order valence-corrected chi connectivity index (χ4v) is 4.30. The van der Waals surface area contributed by atoms with Gasteiger partial charge in [0.2, 0.25) is 0 Å². The van der Waals surface area contributed by atoms with Gasteiger partial charge in [-0.25, -0.2) is 0 Å². The van der Waals surface area contributed by atoms with Crippen molar-refractivity contribution in [3.8, 4) is 11.5 Å². The Morgan fingerprint density at radius 3 is 1.39 bits per heavy atom. The topological polar surface area (TPSA) is 50.7 Å². The third-order valence-electron chi connectivity index (χ3n) is 6.42. The van der Waals surface area contributed by atoms with E-state index in [1.165, 1.54) is 0 Å². The highest BCUT2D eigenvalue weighted by atomic mass is 16.5. The molecule has 6 nitrogen and oxygen atoms in total. The molecule has 0 saturated carbocycles. The summed E-state index contributed by atoms with van der Waals surface area (Å²) in [7, 11) is 0. The standard InChI is InChI=1S/C27H40N4O2/c1-8-30(9-2)12-14-32-24-16-19(5)28-26-21(7)27-23(18-22(24)26)25(17-20(6)29-27)33-15-13-31(10-3)11-4/h16-18H,8-15H2,1-7H3. The molecule has 0 fully saturated rings. The number of aromatic nitrogens is 2. The number of rotatable bonds is 12. The van der Waals surface area contributed by atoms with Crippen LogP contribution in [0.15, 0.2) is 18.2 Å². The molecular weight excluding hydrogens is 412 g/mol. The van der Waals surface area contributed by atoms with Crippen LogP contribution in [0.4, 0.5) is 0 Å². The minimum Gasteiger partial charge on any atom is -0.491 e. The number of likely N-dealkylation sites (N-methyl/N-ethyl adjacent to an activating group) is 2. The molecule has 2 aromatic heterocycles. The van der Waals surface area contributed by atoms with Crippen LogP contribution in [0.25, 0.3) is 21.8 Å². The second-order valence-corrected chi connectivity index (χ2v) is 8.57. The second kappa shape index (κ2) is 11.6. The molecule has 3 aromatic rings. The zero-order chi connectivity index (χ0) is 24.0. The normalized spacial score (nSPS) is 11.8. The molecule has 0 N–H and O–H groups in total. The van der Waals surface area contributed by atoms with Crippen LogP contribution in [0.5, 0.6) is 11.5 Å². The molecule has 2 heterocycles. The predicted octanol–water partition coefficient (Wildman–Crippen LogP) is 5.15. The molecular formula is C27H40N4O2. The van der Waals surface area contributed by atoms with Gasteiger partial charge in [0.25, 0.3) is 0 Å². The Bertz CT molecular complexity index is 993. The molecule has 0 aliphatic rings. The summed E-state index contributed by atoms with van der Waals surface area (Å²) in [5.41, 5.74) is 4.87. The Morgan fingerprint density at radius 1 is 0.636 bits per heavy atom. The summed E-state index contributed by atoms with van der Waals surface area (Å²) in [6.45, 7) is 22.1. The molecule has 1 aromatic carbocycles. The largest absolute Gasteiger partial charge is 0.491 e. The average molecular weight is 453 g/mol. The molecule has 33 heavy (non-hydrogen) atoms. The summed E-state index contributed by atoms with van der Waals surface area (Å²) < 4.78 is 12.6. The van der Waals surface area contributed by atoms with Gasteiger partial charge in [-0.15, -0.1) is 0 Å². The molecule has 180 valence electrons. The summed E-state index contributed by atoms with van der Waals surface area (Å²) in [5.74, 6) is 1.76. The number of hydrogen-bond donors (Lipinski definition) is 0. The van der Waals surface area contributed by atoms with Crippen molar-refractivity contribution in [3.05, 3.63) is 35.2 Å². The molecule has 0 bridgehead atoms. The zero-order valence-corrected chi connectivity index (χ0v) is 21.5. The van der Waals surface area contributed by atoms with Gasteiger partial charge in [0.05, 0.1) is 11.0 Å². The van der Waals surface area contributed by atoms with Crippen molar-refractivity contribution in [3.63, 3.8) is 0 Å². The Hall–Kier alpha value is -2.44. The minimum atomic E-state index is 0.649. The van der Waals surface area contributed by atoms with E-state index < -0.39 is 0 Å². The maximum Gasteiger partial charge on any atom is 0.130 e. The van der Waals surface area contributed by atoms with Crippen LogP contribution in [0.2, 0.25) is 0 Å². The maximum absolute atomic E-state index is 6.29. The number of ether oxygens (including phenoxy) is 2. The first-order valence-electron chi connectivity index (χ1n) is 12.3. The summed E-state index contributed by atoms with van der Waals surface area (Å²) >= 11 is 0. The number of fused-ring (bicyclic) bond motifs is 2. The molecule has 6 heteroatoms. The Morgan fingerprint density at radius 2 is 1.03 bits per heavy atom. The van der Waals surface area contributed by atoms with Crippen LogP contribution < -0.4 is 9.47 Å². The van der Waals surface area contributed by atoms with Gasteiger partial charge in [-0.1, -0.05) is 27.7 Å². The Kier molecular flexibility index (Phi) is 8.87. The molecule has 0 aliphatic carbocycles. The molecule has 0 radical (unpaired) electrons. The van der Waals surface area contributed by atoms with E-state index in [2.05, 4.69) is 50.5 Å². The van der Waals surface area contributed by atoms with Gasteiger partial charge < -0.3 is 19.3 Å². The van der Waals surface area contributed by atoms with Gasteiger partial charge >= 0.3 is 0 Å². The summed E-state index contributed by atoms with van der Waals surface area (Å²) in [6, 6.07) is 6.23. The first-order chi connectivity index (χ1) is 15.9. The number of nitrogens with zero attached hydrogens (tertiary/aromatic N) is 4. The summed E-state index contributed by atoms with van der Waals surface area (Å²) in [5, 5.41) is 2.04. The van der Waals surface area contributed by atoms with Crippen molar-refractivity contribution in [2.45, 2.75) is 48.5 Å². The lowest BCUT2D eigenvalue weighted by Gasteiger charge is -2.20. The monoisotopic (exact) mass is 452 g/mol. The van der Waals surface area contributed by atoms with E-state index in [9.17, 15) is 0 Å². The van der Waals surface area contributed by atoms with Crippen LogP contribution in [0.3, 0.4) is 0 Å². The van der Waals surface area contributed by atoms with E-state index in [-0.39, 0.29) is 0 Å². The van der Waals surface area contributed by atoms with Crippen LogP contribution in [-0.2, 0) is 0 Å². The van der Waals surface area contributed by atoms with E-state index in [1.807, 2.05) is 26.0 Å². The lowest BCUT2D eigenvalue weighted by Crippen LogP contribution is -2.28. The molecule has 0 spiro atoms. The van der Waals surface area contributed by atoms with Crippen molar-refractivity contribution in [2.24, 2.45) is 0 Å². The molecule has 3 rings (SSSR count). The van der Waals surface area contributed by atoms with Gasteiger partial charge in [0, 0.05) is 52.9 Å². The third kappa shape index (κ3) is 5.92. The van der Waals surface area contributed by atoms with Crippen molar-refractivity contribution in [2.75, 3.05) is 52.5 Å². The molecule has 0 saturated heterocycles. The van der Waals surface area contributed by atoms with Gasteiger partial charge in [0.1, 0.15) is 24.7 Å². The van der Waals surface area contributed by atoms with E-state index in [0.717, 1.165) is 89.5 Å². The van der Waals surface area contributed by atoms with E-state index >= 15 is 0 Å². The summed E-state index contributed by atoms with van der Waals surface area (Å²) in [6.07, 6.45) is 0. The fraction of sp³-hybridized carbons (Fsp3) is 0.556.